The Morgan fingerprint density at radius 1 is 1.36 bits per heavy atom. The van der Waals surface area contributed by atoms with Crippen molar-refractivity contribution in [1.82, 2.24) is 4.98 Å². The fraction of sp³-hybridized carbons (Fsp3) is 0.500. The van der Waals surface area contributed by atoms with Gasteiger partial charge in [0.1, 0.15) is 10.9 Å². The lowest BCUT2D eigenvalue weighted by atomic mass is 9.96. The minimum absolute atomic E-state index is 0.270. The highest BCUT2D eigenvalue weighted by Gasteiger charge is 2.22. The molecule has 6 heteroatoms. The van der Waals surface area contributed by atoms with Gasteiger partial charge in [0.25, 0.3) is 0 Å². The number of ether oxygens (including phenoxy) is 2. The number of halogens is 1. The average molecular weight is 322 g/mol. The third-order valence-corrected chi connectivity index (χ3v) is 4.03. The van der Waals surface area contributed by atoms with Gasteiger partial charge in [-0.25, -0.2) is 4.98 Å². The van der Waals surface area contributed by atoms with E-state index in [1.54, 1.807) is 24.5 Å². The first kappa shape index (κ1) is 15.3. The van der Waals surface area contributed by atoms with E-state index in [4.69, 9.17) is 26.8 Å². The van der Waals surface area contributed by atoms with Crippen molar-refractivity contribution >= 4 is 17.8 Å². The second-order valence-corrected chi connectivity index (χ2v) is 6.02. The standard InChI is InChI=1S/C16H20ClN3O2/c17-15-9-13(3-6-19-15)22-14(10-20-12-1-2-12)16(18)11-4-7-21-8-5-11/h3,6,9-12H,1-2,4-5,7-8,18H2. The highest BCUT2D eigenvalue weighted by Crippen LogP contribution is 2.26. The summed E-state index contributed by atoms with van der Waals surface area (Å²) in [6, 6.07) is 3.85. The van der Waals surface area contributed by atoms with E-state index >= 15 is 0 Å². The van der Waals surface area contributed by atoms with Gasteiger partial charge >= 0.3 is 0 Å². The number of nitrogens with zero attached hydrogens (tertiary/aromatic N) is 2. The van der Waals surface area contributed by atoms with Crippen molar-refractivity contribution in [3.8, 4) is 5.75 Å². The zero-order valence-corrected chi connectivity index (χ0v) is 13.1. The second kappa shape index (κ2) is 7.11. The van der Waals surface area contributed by atoms with Crippen molar-refractivity contribution in [1.29, 1.82) is 0 Å². The molecule has 118 valence electrons. The molecule has 0 aromatic carbocycles. The molecule has 1 aromatic rings. The number of aliphatic imine (C=N–C) groups is 1. The first-order chi connectivity index (χ1) is 10.7. The lowest BCUT2D eigenvalue weighted by Crippen LogP contribution is -2.24. The molecule has 0 spiro atoms. The maximum atomic E-state index is 6.34. The van der Waals surface area contributed by atoms with Gasteiger partial charge in [-0.15, -0.1) is 0 Å². The third-order valence-electron chi connectivity index (χ3n) is 3.82. The lowest BCUT2D eigenvalue weighted by Gasteiger charge is -2.23. The third kappa shape index (κ3) is 4.21. The van der Waals surface area contributed by atoms with E-state index in [0.717, 1.165) is 44.6 Å². The minimum Gasteiger partial charge on any atom is -0.454 e. The number of aromatic nitrogens is 1. The van der Waals surface area contributed by atoms with Crippen molar-refractivity contribution in [3.05, 3.63) is 34.9 Å². The van der Waals surface area contributed by atoms with E-state index in [0.29, 0.717) is 22.7 Å². The molecule has 0 atom stereocenters. The summed E-state index contributed by atoms with van der Waals surface area (Å²) in [6.45, 7) is 1.47. The number of hydrogen-bond acceptors (Lipinski definition) is 5. The van der Waals surface area contributed by atoms with Crippen molar-refractivity contribution < 1.29 is 9.47 Å². The van der Waals surface area contributed by atoms with E-state index in [2.05, 4.69) is 9.98 Å². The lowest BCUT2D eigenvalue weighted by molar-refractivity contribution is 0.0746. The summed E-state index contributed by atoms with van der Waals surface area (Å²) < 4.78 is 11.3. The first-order valence-electron chi connectivity index (χ1n) is 7.62. The summed E-state index contributed by atoms with van der Waals surface area (Å²) in [4.78, 5) is 8.46. The molecule has 1 saturated heterocycles. The van der Waals surface area contributed by atoms with E-state index in [-0.39, 0.29) is 5.92 Å². The normalized spacial score (nSPS) is 21.0. The average Bonchev–Trinajstić information content (AvgIpc) is 3.36. The predicted octanol–water partition coefficient (Wildman–Crippen LogP) is 2.94. The van der Waals surface area contributed by atoms with Crippen LogP contribution in [0.3, 0.4) is 0 Å². The van der Waals surface area contributed by atoms with Crippen LogP contribution in [0, 0.1) is 5.92 Å². The number of pyridine rings is 1. The fourth-order valence-corrected chi connectivity index (χ4v) is 2.51. The molecule has 2 fully saturated rings. The van der Waals surface area contributed by atoms with Gasteiger partial charge in [-0.2, -0.15) is 0 Å². The molecule has 2 heterocycles. The Labute approximate surface area is 135 Å². The Hall–Kier alpha value is -1.59. The van der Waals surface area contributed by atoms with Crippen LogP contribution in [0.5, 0.6) is 5.75 Å². The van der Waals surface area contributed by atoms with Gasteiger partial charge in [-0.05, 0) is 31.7 Å². The molecule has 22 heavy (non-hydrogen) atoms. The zero-order valence-electron chi connectivity index (χ0n) is 12.4. The van der Waals surface area contributed by atoms with Crippen molar-refractivity contribution in [2.45, 2.75) is 31.7 Å². The number of rotatable bonds is 5. The highest BCUT2D eigenvalue weighted by molar-refractivity contribution is 6.29. The van der Waals surface area contributed by atoms with Gasteiger partial charge in [-0.1, -0.05) is 11.6 Å². The van der Waals surface area contributed by atoms with Gasteiger partial charge < -0.3 is 15.2 Å². The predicted molar refractivity (Wildman–Crippen MR) is 86.1 cm³/mol. The highest BCUT2D eigenvalue weighted by atomic mass is 35.5. The van der Waals surface area contributed by atoms with Crippen LogP contribution in [0.1, 0.15) is 25.7 Å². The quantitative estimate of drug-likeness (QED) is 0.514. The largest absolute Gasteiger partial charge is 0.454 e. The van der Waals surface area contributed by atoms with Gasteiger partial charge in [0.2, 0.25) is 0 Å². The summed E-state index contributed by atoms with van der Waals surface area (Å²) in [5.41, 5.74) is 7.08. The Morgan fingerprint density at radius 2 is 2.14 bits per heavy atom. The van der Waals surface area contributed by atoms with E-state index in [1.165, 1.54) is 0 Å². The van der Waals surface area contributed by atoms with E-state index in [1.807, 2.05) is 0 Å². The Kier molecular flexibility index (Phi) is 4.95. The molecule has 1 aromatic heterocycles. The SMILES string of the molecule is NC(=C(C=NC1CC1)Oc1ccnc(Cl)c1)C1CCOCC1. The van der Waals surface area contributed by atoms with Gasteiger partial charge in [0, 0.05) is 31.4 Å². The summed E-state index contributed by atoms with van der Waals surface area (Å²) in [5.74, 6) is 1.50. The smallest absolute Gasteiger partial charge is 0.164 e. The second-order valence-electron chi connectivity index (χ2n) is 5.63. The Bertz CT molecular complexity index is 579. The molecule has 0 bridgehead atoms. The molecule has 1 aliphatic carbocycles. The van der Waals surface area contributed by atoms with Crippen LogP contribution in [-0.2, 0) is 4.74 Å². The maximum Gasteiger partial charge on any atom is 0.164 e. The fourth-order valence-electron chi connectivity index (χ4n) is 2.34. The van der Waals surface area contributed by atoms with Gasteiger partial charge in [0.15, 0.2) is 5.76 Å². The van der Waals surface area contributed by atoms with Crippen molar-refractivity contribution in [2.24, 2.45) is 16.6 Å². The molecule has 2 aliphatic rings. The maximum absolute atomic E-state index is 6.34. The molecule has 1 aliphatic heterocycles. The van der Waals surface area contributed by atoms with Crippen LogP contribution in [0.15, 0.2) is 34.8 Å². The van der Waals surface area contributed by atoms with Crippen molar-refractivity contribution in [2.75, 3.05) is 13.2 Å². The number of hydrogen-bond donors (Lipinski definition) is 1. The molecule has 0 radical (unpaired) electrons. The van der Waals surface area contributed by atoms with Crippen LogP contribution in [0.25, 0.3) is 0 Å². The summed E-state index contributed by atoms with van der Waals surface area (Å²) in [5, 5.41) is 0.389. The van der Waals surface area contributed by atoms with Crippen LogP contribution in [0.2, 0.25) is 5.15 Å². The molecule has 3 rings (SSSR count). The van der Waals surface area contributed by atoms with Gasteiger partial charge in [-0.3, -0.25) is 4.99 Å². The van der Waals surface area contributed by atoms with Gasteiger partial charge in [0.05, 0.1) is 18.0 Å². The van der Waals surface area contributed by atoms with E-state index < -0.39 is 0 Å². The number of nitrogens with two attached hydrogens (primary N) is 1. The molecule has 5 nitrogen and oxygen atoms in total. The molecule has 2 N–H and O–H groups in total. The topological polar surface area (TPSA) is 69.7 Å². The molecule has 0 unspecified atom stereocenters. The monoisotopic (exact) mass is 321 g/mol. The first-order valence-corrected chi connectivity index (χ1v) is 8.00. The zero-order chi connectivity index (χ0) is 15.4. The Morgan fingerprint density at radius 3 is 2.82 bits per heavy atom. The van der Waals surface area contributed by atoms with Crippen LogP contribution >= 0.6 is 11.6 Å². The summed E-state index contributed by atoms with van der Waals surface area (Å²) in [7, 11) is 0. The minimum atomic E-state index is 0.270. The van der Waals surface area contributed by atoms with E-state index in [9.17, 15) is 0 Å². The Balaban J connectivity index is 1.81. The summed E-state index contributed by atoms with van der Waals surface area (Å²) >= 11 is 5.91. The van der Waals surface area contributed by atoms with Crippen LogP contribution in [-0.4, -0.2) is 30.5 Å². The van der Waals surface area contributed by atoms with Crippen LogP contribution < -0.4 is 10.5 Å². The van der Waals surface area contributed by atoms with Crippen molar-refractivity contribution in [3.63, 3.8) is 0 Å². The summed E-state index contributed by atoms with van der Waals surface area (Å²) in [6.07, 6.45) is 7.47. The molecular weight excluding hydrogens is 302 g/mol. The van der Waals surface area contributed by atoms with Crippen LogP contribution in [0.4, 0.5) is 0 Å². The number of allylic oxidation sites excluding steroid dienone is 2. The molecule has 0 amide bonds. The molecular formula is C16H20ClN3O2. The molecule has 1 saturated carbocycles.